The molecule has 0 aliphatic carbocycles. The van der Waals surface area contributed by atoms with Crippen molar-refractivity contribution >= 4 is 34.9 Å². The van der Waals surface area contributed by atoms with Crippen LogP contribution in [0.3, 0.4) is 0 Å². The highest BCUT2D eigenvalue weighted by Crippen LogP contribution is 2.34. The predicted molar refractivity (Wildman–Crippen MR) is 99.5 cm³/mol. The van der Waals surface area contributed by atoms with Gasteiger partial charge < -0.3 is 15.1 Å². The highest BCUT2D eigenvalue weighted by molar-refractivity contribution is 6.42. The lowest BCUT2D eigenvalue weighted by molar-refractivity contribution is -0.132. The van der Waals surface area contributed by atoms with Crippen molar-refractivity contribution in [2.24, 2.45) is 0 Å². The van der Waals surface area contributed by atoms with Gasteiger partial charge in [0.25, 0.3) is 0 Å². The second kappa shape index (κ2) is 7.66. The van der Waals surface area contributed by atoms with E-state index in [4.69, 9.17) is 23.2 Å². The summed E-state index contributed by atoms with van der Waals surface area (Å²) in [6.07, 6.45) is 1.85. The van der Waals surface area contributed by atoms with Crippen LogP contribution in [0, 0.1) is 5.82 Å². The molecule has 0 bridgehead atoms. The molecule has 3 rings (SSSR count). The van der Waals surface area contributed by atoms with Crippen LogP contribution in [0.25, 0.3) is 0 Å². The van der Waals surface area contributed by atoms with Crippen LogP contribution in [0.4, 0.5) is 10.1 Å². The second-order valence-electron chi connectivity index (χ2n) is 6.03. The molecule has 0 saturated carbocycles. The molecule has 2 aromatic carbocycles. The summed E-state index contributed by atoms with van der Waals surface area (Å²) in [4.78, 5) is 12.8. The summed E-state index contributed by atoms with van der Waals surface area (Å²) in [6.45, 7) is -0.109. The Bertz CT molecular complexity index is 899. The van der Waals surface area contributed by atoms with E-state index in [9.17, 15) is 19.4 Å². The summed E-state index contributed by atoms with van der Waals surface area (Å²) in [7, 11) is 0. The Kier molecular flexibility index (Phi) is 5.51. The summed E-state index contributed by atoms with van der Waals surface area (Å²) < 4.78 is 14.8. The standard InChI is InChI=1S/C19H16Cl2FNO3/c20-15-3-1-2-12(17(15)21)6-11-7-13-9-14(19(25)26)10-23(4-5-24)18(13)16(22)8-11/h1-3,7-8,10,24H,4-6,9H2,(H,25,26). The quantitative estimate of drug-likeness (QED) is 0.801. The summed E-state index contributed by atoms with van der Waals surface area (Å²) in [5, 5.41) is 19.3. The average Bonchev–Trinajstić information content (AvgIpc) is 2.58. The Morgan fingerprint density at radius 1 is 1.27 bits per heavy atom. The van der Waals surface area contributed by atoms with E-state index in [-0.39, 0.29) is 25.1 Å². The lowest BCUT2D eigenvalue weighted by atomic mass is 9.94. The molecule has 0 radical (unpaired) electrons. The fourth-order valence-electron chi connectivity index (χ4n) is 3.10. The molecule has 1 aliphatic rings. The van der Waals surface area contributed by atoms with E-state index in [2.05, 4.69) is 0 Å². The lowest BCUT2D eigenvalue weighted by Gasteiger charge is -2.28. The zero-order valence-electron chi connectivity index (χ0n) is 13.7. The normalized spacial score (nSPS) is 13.4. The molecule has 0 aromatic heterocycles. The molecule has 0 atom stereocenters. The minimum absolute atomic E-state index is 0.111. The minimum Gasteiger partial charge on any atom is -0.478 e. The minimum atomic E-state index is -1.07. The second-order valence-corrected chi connectivity index (χ2v) is 6.81. The molecule has 0 fully saturated rings. The maximum Gasteiger partial charge on any atom is 0.333 e. The number of rotatable bonds is 5. The van der Waals surface area contributed by atoms with Gasteiger partial charge in [-0.1, -0.05) is 41.4 Å². The van der Waals surface area contributed by atoms with Gasteiger partial charge in [0.1, 0.15) is 5.82 Å². The molecular weight excluding hydrogens is 380 g/mol. The van der Waals surface area contributed by atoms with E-state index >= 15 is 0 Å². The number of β-amino-alcohol motifs (C(OH)–C–C–N with tert-alkyl or cyclic N) is 1. The molecule has 2 aromatic rings. The summed E-state index contributed by atoms with van der Waals surface area (Å²) in [5.74, 6) is -1.54. The Morgan fingerprint density at radius 3 is 2.73 bits per heavy atom. The van der Waals surface area contributed by atoms with E-state index in [1.54, 1.807) is 18.2 Å². The van der Waals surface area contributed by atoms with Gasteiger partial charge in [-0.25, -0.2) is 9.18 Å². The third-order valence-electron chi connectivity index (χ3n) is 4.22. The van der Waals surface area contributed by atoms with Gasteiger partial charge in [-0.3, -0.25) is 0 Å². The zero-order chi connectivity index (χ0) is 18.8. The van der Waals surface area contributed by atoms with E-state index in [1.165, 1.54) is 17.2 Å². The molecule has 1 aliphatic heterocycles. The molecule has 7 heteroatoms. The molecule has 0 saturated heterocycles. The average molecular weight is 396 g/mol. The summed E-state index contributed by atoms with van der Waals surface area (Å²) in [5.41, 5.74) is 2.43. The zero-order valence-corrected chi connectivity index (χ0v) is 15.2. The third kappa shape index (κ3) is 3.70. The Labute approximate surface area is 160 Å². The van der Waals surface area contributed by atoms with Gasteiger partial charge in [0.15, 0.2) is 0 Å². The lowest BCUT2D eigenvalue weighted by Crippen LogP contribution is -2.28. The number of benzene rings is 2. The Balaban J connectivity index is 2.00. The van der Waals surface area contributed by atoms with Gasteiger partial charge in [0.05, 0.1) is 27.9 Å². The van der Waals surface area contributed by atoms with Crippen molar-refractivity contribution in [3.63, 3.8) is 0 Å². The topological polar surface area (TPSA) is 60.8 Å². The number of carboxylic acids is 1. The Morgan fingerprint density at radius 2 is 2.04 bits per heavy atom. The highest BCUT2D eigenvalue weighted by atomic mass is 35.5. The summed E-state index contributed by atoms with van der Waals surface area (Å²) >= 11 is 12.2. The predicted octanol–water partition coefficient (Wildman–Crippen LogP) is 4.05. The van der Waals surface area contributed by atoms with Gasteiger partial charge in [-0.15, -0.1) is 0 Å². The van der Waals surface area contributed by atoms with Gasteiger partial charge in [0.2, 0.25) is 0 Å². The molecular formula is C19H16Cl2FNO3. The fraction of sp³-hybridized carbons (Fsp3) is 0.211. The number of hydrogen-bond donors (Lipinski definition) is 2. The third-order valence-corrected chi connectivity index (χ3v) is 5.08. The first-order valence-corrected chi connectivity index (χ1v) is 8.72. The van der Waals surface area contributed by atoms with E-state index in [0.717, 1.165) is 5.56 Å². The van der Waals surface area contributed by atoms with Crippen LogP contribution < -0.4 is 4.90 Å². The molecule has 0 spiro atoms. The van der Waals surface area contributed by atoms with Crippen LogP contribution in [-0.4, -0.2) is 29.3 Å². The molecule has 0 amide bonds. The van der Waals surface area contributed by atoms with Crippen molar-refractivity contribution in [3.8, 4) is 0 Å². The van der Waals surface area contributed by atoms with E-state index in [1.807, 2.05) is 6.07 Å². The maximum absolute atomic E-state index is 14.8. The molecule has 136 valence electrons. The largest absolute Gasteiger partial charge is 0.478 e. The number of hydrogen-bond acceptors (Lipinski definition) is 3. The number of carbonyl (C=O) groups is 1. The summed E-state index contributed by atoms with van der Waals surface area (Å²) in [6, 6.07) is 8.44. The smallest absolute Gasteiger partial charge is 0.333 e. The van der Waals surface area contributed by atoms with E-state index < -0.39 is 11.8 Å². The molecule has 4 nitrogen and oxygen atoms in total. The fourth-order valence-corrected chi connectivity index (χ4v) is 3.49. The van der Waals surface area contributed by atoms with Crippen LogP contribution in [0.2, 0.25) is 10.0 Å². The first-order chi connectivity index (χ1) is 12.4. The maximum atomic E-state index is 14.8. The van der Waals surface area contributed by atoms with Crippen molar-refractivity contribution in [2.75, 3.05) is 18.1 Å². The monoisotopic (exact) mass is 395 g/mol. The van der Waals surface area contributed by atoms with Gasteiger partial charge in [-0.2, -0.15) is 0 Å². The molecule has 1 heterocycles. The number of aliphatic hydroxyl groups excluding tert-OH is 1. The number of aliphatic carboxylic acids is 1. The van der Waals surface area contributed by atoms with Crippen LogP contribution in [0.5, 0.6) is 0 Å². The van der Waals surface area contributed by atoms with Crippen molar-refractivity contribution in [1.82, 2.24) is 0 Å². The Hall–Kier alpha value is -2.08. The first-order valence-electron chi connectivity index (χ1n) is 7.96. The highest BCUT2D eigenvalue weighted by Gasteiger charge is 2.25. The molecule has 0 unspecified atom stereocenters. The van der Waals surface area contributed by atoms with Crippen molar-refractivity contribution in [3.05, 3.63) is 74.7 Å². The van der Waals surface area contributed by atoms with Crippen molar-refractivity contribution < 1.29 is 19.4 Å². The number of aliphatic hydroxyl groups is 1. The first kappa shape index (κ1) is 18.7. The number of fused-ring (bicyclic) bond motifs is 1. The number of halogens is 3. The van der Waals surface area contributed by atoms with E-state index in [0.29, 0.717) is 33.3 Å². The molecule has 2 N–H and O–H groups in total. The van der Waals surface area contributed by atoms with Crippen molar-refractivity contribution in [1.29, 1.82) is 0 Å². The molecule has 26 heavy (non-hydrogen) atoms. The van der Waals surface area contributed by atoms with Gasteiger partial charge in [0, 0.05) is 19.2 Å². The number of carboxylic acid groups (broad SMARTS) is 1. The van der Waals surface area contributed by atoms with Crippen LogP contribution in [0.15, 0.2) is 42.1 Å². The van der Waals surface area contributed by atoms with Gasteiger partial charge >= 0.3 is 5.97 Å². The number of nitrogens with zero attached hydrogens (tertiary/aromatic N) is 1. The van der Waals surface area contributed by atoms with Crippen LogP contribution in [-0.2, 0) is 17.6 Å². The van der Waals surface area contributed by atoms with Gasteiger partial charge in [-0.05, 0) is 35.2 Å². The van der Waals surface area contributed by atoms with Crippen molar-refractivity contribution in [2.45, 2.75) is 12.8 Å². The van der Waals surface area contributed by atoms with Crippen LogP contribution in [0.1, 0.15) is 16.7 Å². The number of anilines is 1. The van der Waals surface area contributed by atoms with Crippen LogP contribution >= 0.6 is 23.2 Å². The SMILES string of the molecule is O=C(O)C1=CN(CCO)c2c(F)cc(Cc3cccc(Cl)c3Cl)cc2C1.